The Hall–Kier alpha value is -2.89. The van der Waals surface area contributed by atoms with Gasteiger partial charge in [-0.05, 0) is 32.1 Å². The Morgan fingerprint density at radius 1 is 0.509 bits per heavy atom. The zero-order valence-corrected chi connectivity index (χ0v) is 33.6. The van der Waals surface area contributed by atoms with Gasteiger partial charge in [0.25, 0.3) is 0 Å². The van der Waals surface area contributed by atoms with E-state index in [4.69, 9.17) is 24.1 Å². The minimum Gasteiger partial charge on any atom is -0.481 e. The third kappa shape index (κ3) is 39.2. The lowest BCUT2D eigenvalue weighted by Crippen LogP contribution is -2.42. The van der Waals surface area contributed by atoms with Crippen molar-refractivity contribution in [3.05, 3.63) is 0 Å². The van der Waals surface area contributed by atoms with Crippen molar-refractivity contribution in [1.29, 1.82) is 0 Å². The Bertz CT molecular complexity index is 975. The molecule has 0 aliphatic rings. The molecule has 0 aliphatic heterocycles. The predicted molar refractivity (Wildman–Crippen MR) is 209 cm³/mol. The molecule has 0 aromatic carbocycles. The molecule has 2 unspecified atom stereocenters. The summed E-state index contributed by atoms with van der Waals surface area (Å²) in [4.78, 5) is 57.8. The highest BCUT2D eigenvalue weighted by molar-refractivity contribution is 5.83. The summed E-state index contributed by atoms with van der Waals surface area (Å²) in [7, 11) is 0. The fraction of sp³-hybridized carbons (Fsp3) is 0.872. The molecular formula is C39H74N4O12. The van der Waals surface area contributed by atoms with Crippen LogP contribution in [0.5, 0.6) is 0 Å². The lowest BCUT2D eigenvalue weighted by atomic mass is 10.0. The first kappa shape index (κ1) is 52.1. The standard InChI is InChI=1S/C39H74N4O12/c1-2-3-22-40-36(46)31-54-29-28-53-26-24-42-37(47)32-55-30-27-52-25-23-41-34(44)21-20-33(39(50)51)43-35(45)18-16-14-12-10-8-6-4-5-7-9-11-13-15-17-19-38(48)49/h33-34,41,44H,2-32H2,1H3,(H,40,46)(H,42,47)(H,43,45)(H,48,49)(H,50,51). The molecule has 0 saturated carbocycles. The first-order valence-corrected chi connectivity index (χ1v) is 20.6. The molecule has 0 saturated heterocycles. The minimum atomic E-state index is -1.14. The number of carboxylic acid groups (broad SMARTS) is 2. The topological polar surface area (TPSA) is 231 Å². The molecule has 0 heterocycles. The number of ether oxygens (including phenoxy) is 4. The third-order valence-electron chi connectivity index (χ3n) is 8.66. The van der Waals surface area contributed by atoms with E-state index in [0.717, 1.165) is 51.4 Å². The van der Waals surface area contributed by atoms with Crippen molar-refractivity contribution < 1.29 is 58.2 Å². The summed E-state index contributed by atoms with van der Waals surface area (Å²) in [5.41, 5.74) is 0. The molecule has 16 heteroatoms. The molecule has 322 valence electrons. The first-order valence-electron chi connectivity index (χ1n) is 20.6. The van der Waals surface area contributed by atoms with Gasteiger partial charge in [-0.3, -0.25) is 24.5 Å². The lowest BCUT2D eigenvalue weighted by molar-refractivity contribution is -0.142. The van der Waals surface area contributed by atoms with Crippen LogP contribution >= 0.6 is 0 Å². The molecule has 16 nitrogen and oxygen atoms in total. The summed E-state index contributed by atoms with van der Waals surface area (Å²) >= 11 is 0. The van der Waals surface area contributed by atoms with E-state index in [2.05, 4.69) is 28.2 Å². The van der Waals surface area contributed by atoms with Crippen molar-refractivity contribution in [3.8, 4) is 0 Å². The number of hydrogen-bond acceptors (Lipinski definition) is 11. The van der Waals surface area contributed by atoms with Crippen LogP contribution in [0.15, 0.2) is 0 Å². The number of hydrogen-bond donors (Lipinski definition) is 7. The summed E-state index contributed by atoms with van der Waals surface area (Å²) in [6.07, 6.45) is 17.0. The van der Waals surface area contributed by atoms with Crippen LogP contribution in [0.2, 0.25) is 0 Å². The molecule has 3 amide bonds. The van der Waals surface area contributed by atoms with Crippen molar-refractivity contribution >= 4 is 29.7 Å². The number of carbonyl (C=O) groups is 5. The highest BCUT2D eigenvalue weighted by Crippen LogP contribution is 2.14. The second-order valence-electron chi connectivity index (χ2n) is 13.7. The van der Waals surface area contributed by atoms with Crippen molar-refractivity contribution in [2.75, 3.05) is 72.5 Å². The summed E-state index contributed by atoms with van der Waals surface area (Å²) in [5, 5.41) is 39.2. The Labute approximate surface area is 328 Å². The fourth-order valence-corrected chi connectivity index (χ4v) is 5.47. The van der Waals surface area contributed by atoms with Crippen LogP contribution in [-0.2, 0) is 42.9 Å². The molecule has 0 spiro atoms. The lowest BCUT2D eigenvalue weighted by Gasteiger charge is -2.18. The number of nitrogens with one attached hydrogen (secondary N) is 4. The number of aliphatic hydroxyl groups excluding tert-OH is 1. The maximum atomic E-state index is 12.3. The molecular weight excluding hydrogens is 716 g/mol. The maximum Gasteiger partial charge on any atom is 0.326 e. The molecule has 55 heavy (non-hydrogen) atoms. The number of amides is 3. The molecule has 0 fully saturated rings. The Kier molecular flexibility index (Phi) is 37.3. The van der Waals surface area contributed by atoms with Gasteiger partial charge in [-0.25, -0.2) is 4.79 Å². The van der Waals surface area contributed by atoms with E-state index >= 15 is 0 Å². The van der Waals surface area contributed by atoms with Crippen LogP contribution in [0.4, 0.5) is 0 Å². The van der Waals surface area contributed by atoms with Gasteiger partial charge >= 0.3 is 11.9 Å². The Morgan fingerprint density at radius 2 is 0.964 bits per heavy atom. The van der Waals surface area contributed by atoms with E-state index in [9.17, 15) is 34.2 Å². The maximum absolute atomic E-state index is 12.3. The summed E-state index contributed by atoms with van der Waals surface area (Å²) in [5.74, 6) is -2.58. The van der Waals surface area contributed by atoms with Gasteiger partial charge in [0.05, 0.1) is 39.6 Å². The highest BCUT2D eigenvalue weighted by Gasteiger charge is 2.21. The normalized spacial score (nSPS) is 12.3. The predicted octanol–water partition coefficient (Wildman–Crippen LogP) is 3.67. The van der Waals surface area contributed by atoms with Crippen LogP contribution in [0.3, 0.4) is 0 Å². The van der Waals surface area contributed by atoms with Crippen LogP contribution in [-0.4, -0.2) is 130 Å². The zero-order valence-electron chi connectivity index (χ0n) is 33.6. The SMILES string of the molecule is CCCCNC(=O)COCCOCCNC(=O)COCCOCCNC(O)CCC(NC(=O)CCCCCCCCCCCCCCCCC(=O)O)C(=O)O. The molecule has 2 atom stereocenters. The largest absolute Gasteiger partial charge is 0.481 e. The molecule has 7 N–H and O–H groups in total. The van der Waals surface area contributed by atoms with Gasteiger partial charge in [-0.2, -0.15) is 0 Å². The van der Waals surface area contributed by atoms with Gasteiger partial charge < -0.3 is 50.2 Å². The van der Waals surface area contributed by atoms with E-state index in [1.807, 2.05) is 0 Å². The number of rotatable bonds is 42. The number of carbonyl (C=O) groups excluding carboxylic acids is 3. The number of unbranched alkanes of at least 4 members (excludes halogenated alkanes) is 14. The van der Waals surface area contributed by atoms with Crippen molar-refractivity contribution in [2.24, 2.45) is 0 Å². The molecule has 0 aromatic rings. The van der Waals surface area contributed by atoms with Crippen LogP contribution in [0.1, 0.15) is 135 Å². The van der Waals surface area contributed by atoms with Crippen LogP contribution < -0.4 is 21.3 Å². The van der Waals surface area contributed by atoms with Gasteiger partial charge in [-0.1, -0.05) is 90.4 Å². The average Bonchev–Trinajstić information content (AvgIpc) is 3.15. The first-order chi connectivity index (χ1) is 26.6. The molecule has 0 bridgehead atoms. The van der Waals surface area contributed by atoms with Gasteiger partial charge in [0, 0.05) is 32.5 Å². The van der Waals surface area contributed by atoms with E-state index in [1.54, 1.807) is 0 Å². The molecule has 0 rings (SSSR count). The second kappa shape index (κ2) is 39.3. The van der Waals surface area contributed by atoms with E-state index in [-0.39, 0.29) is 83.0 Å². The van der Waals surface area contributed by atoms with Crippen molar-refractivity contribution in [1.82, 2.24) is 21.3 Å². The van der Waals surface area contributed by atoms with Crippen LogP contribution in [0, 0.1) is 0 Å². The third-order valence-corrected chi connectivity index (χ3v) is 8.66. The van der Waals surface area contributed by atoms with Gasteiger partial charge in [0.2, 0.25) is 17.7 Å². The van der Waals surface area contributed by atoms with E-state index < -0.39 is 24.2 Å². The summed E-state index contributed by atoms with van der Waals surface area (Å²) < 4.78 is 21.3. The zero-order chi connectivity index (χ0) is 40.6. The average molecular weight is 791 g/mol. The van der Waals surface area contributed by atoms with Gasteiger partial charge in [0.1, 0.15) is 25.5 Å². The van der Waals surface area contributed by atoms with Gasteiger partial charge in [-0.15, -0.1) is 0 Å². The summed E-state index contributed by atoms with van der Waals surface area (Å²) in [6.45, 7) is 4.83. The summed E-state index contributed by atoms with van der Waals surface area (Å²) in [6, 6.07) is -1.07. The Morgan fingerprint density at radius 3 is 1.45 bits per heavy atom. The number of carboxylic acids is 2. The minimum absolute atomic E-state index is 0.00577. The second-order valence-corrected chi connectivity index (χ2v) is 13.7. The van der Waals surface area contributed by atoms with E-state index in [0.29, 0.717) is 39.3 Å². The van der Waals surface area contributed by atoms with Gasteiger partial charge in [0.15, 0.2) is 0 Å². The molecule has 0 aliphatic carbocycles. The highest BCUT2D eigenvalue weighted by atomic mass is 16.5. The van der Waals surface area contributed by atoms with Crippen LogP contribution in [0.25, 0.3) is 0 Å². The fourth-order valence-electron chi connectivity index (χ4n) is 5.47. The van der Waals surface area contributed by atoms with Crippen molar-refractivity contribution in [3.63, 3.8) is 0 Å². The molecule has 0 aromatic heterocycles. The van der Waals surface area contributed by atoms with Crippen molar-refractivity contribution in [2.45, 2.75) is 148 Å². The van der Waals surface area contributed by atoms with E-state index in [1.165, 1.54) is 44.9 Å². The number of aliphatic carboxylic acids is 2. The quantitative estimate of drug-likeness (QED) is 0.0346. The number of aliphatic hydroxyl groups is 1. The Balaban J connectivity index is 3.65. The monoisotopic (exact) mass is 791 g/mol. The molecule has 0 radical (unpaired) electrons. The smallest absolute Gasteiger partial charge is 0.326 e.